The van der Waals surface area contributed by atoms with Gasteiger partial charge in [-0.15, -0.1) is 0 Å². The van der Waals surface area contributed by atoms with Crippen molar-refractivity contribution < 1.29 is 0 Å². The molecule has 2 nitrogen and oxygen atoms in total. The summed E-state index contributed by atoms with van der Waals surface area (Å²) in [5.74, 6) is 0. The molecule has 1 aromatic carbocycles. The Bertz CT molecular complexity index is 573. The van der Waals surface area contributed by atoms with Crippen LogP contribution in [0.5, 0.6) is 0 Å². The summed E-state index contributed by atoms with van der Waals surface area (Å²) in [5.41, 5.74) is 9.25. The van der Waals surface area contributed by atoms with Crippen LogP contribution >= 0.6 is 11.6 Å². The monoisotopic (exact) mass is 232 g/mol. The molecule has 0 unspecified atom stereocenters. The zero-order valence-electron chi connectivity index (χ0n) is 9.13. The molecule has 3 rings (SSSR count). The minimum atomic E-state index is -0.0816. The summed E-state index contributed by atoms with van der Waals surface area (Å²) in [4.78, 5) is 4.34. The van der Waals surface area contributed by atoms with E-state index in [0.29, 0.717) is 5.15 Å². The summed E-state index contributed by atoms with van der Waals surface area (Å²) >= 11 is 5.99. The smallest absolute Gasteiger partial charge is 0.132 e. The van der Waals surface area contributed by atoms with Gasteiger partial charge in [0.05, 0.1) is 5.52 Å². The van der Waals surface area contributed by atoms with Gasteiger partial charge in [-0.2, -0.15) is 0 Å². The Morgan fingerprint density at radius 2 is 2.06 bits per heavy atom. The number of pyridine rings is 1. The highest BCUT2D eigenvalue weighted by Gasteiger charge is 2.39. The lowest BCUT2D eigenvalue weighted by molar-refractivity contribution is 0.741. The van der Waals surface area contributed by atoms with E-state index in [4.69, 9.17) is 17.3 Å². The normalized spacial score (nSPS) is 17.7. The third kappa shape index (κ3) is 1.49. The third-order valence-electron chi connectivity index (χ3n) is 3.31. The molecule has 0 bridgehead atoms. The van der Waals surface area contributed by atoms with Crippen LogP contribution in [-0.2, 0) is 5.54 Å². The van der Waals surface area contributed by atoms with Gasteiger partial charge in [-0.1, -0.05) is 17.7 Å². The van der Waals surface area contributed by atoms with Crippen molar-refractivity contribution in [2.75, 3.05) is 0 Å². The molecule has 1 aromatic heterocycles. The maximum atomic E-state index is 6.18. The lowest BCUT2D eigenvalue weighted by Crippen LogP contribution is -2.18. The molecular formula is C13H13ClN2. The predicted octanol–water partition coefficient (Wildman–Crippen LogP) is 3.14. The highest BCUT2D eigenvalue weighted by Crippen LogP contribution is 2.43. The van der Waals surface area contributed by atoms with Crippen LogP contribution in [0.25, 0.3) is 10.9 Å². The van der Waals surface area contributed by atoms with E-state index in [2.05, 4.69) is 23.2 Å². The standard InChI is InChI=1S/C13H13ClN2/c1-8-6-9-7-10(13(15)4-5-13)2-3-11(9)16-12(8)14/h2-3,6-7H,4-5,15H2,1H3. The quantitative estimate of drug-likeness (QED) is 0.768. The molecule has 0 amide bonds. The van der Waals surface area contributed by atoms with E-state index >= 15 is 0 Å². The van der Waals surface area contributed by atoms with Crippen molar-refractivity contribution in [3.63, 3.8) is 0 Å². The second kappa shape index (κ2) is 3.19. The van der Waals surface area contributed by atoms with Gasteiger partial charge >= 0.3 is 0 Å². The summed E-state index contributed by atoms with van der Waals surface area (Å²) in [6.07, 6.45) is 2.16. The molecule has 0 aliphatic heterocycles. The SMILES string of the molecule is Cc1cc2cc(C3(N)CC3)ccc2nc1Cl. The molecule has 1 saturated carbocycles. The van der Waals surface area contributed by atoms with E-state index in [-0.39, 0.29) is 5.54 Å². The van der Waals surface area contributed by atoms with Crippen LogP contribution in [0, 0.1) is 6.92 Å². The average Bonchev–Trinajstić information content (AvgIpc) is 2.99. The molecule has 82 valence electrons. The number of rotatable bonds is 1. The Kier molecular flexibility index (Phi) is 2.00. The van der Waals surface area contributed by atoms with E-state index in [9.17, 15) is 0 Å². The van der Waals surface area contributed by atoms with Crippen molar-refractivity contribution in [3.8, 4) is 0 Å². The average molecular weight is 233 g/mol. The first-order chi connectivity index (χ1) is 7.58. The summed E-state index contributed by atoms with van der Waals surface area (Å²) < 4.78 is 0. The highest BCUT2D eigenvalue weighted by molar-refractivity contribution is 6.30. The molecule has 3 heteroatoms. The first-order valence-electron chi connectivity index (χ1n) is 5.45. The van der Waals surface area contributed by atoms with Gasteiger partial charge in [0.1, 0.15) is 5.15 Å². The Morgan fingerprint density at radius 1 is 1.31 bits per heavy atom. The minimum absolute atomic E-state index is 0.0816. The molecule has 0 atom stereocenters. The number of benzene rings is 1. The van der Waals surface area contributed by atoms with Crippen molar-refractivity contribution in [1.82, 2.24) is 4.98 Å². The van der Waals surface area contributed by atoms with Crippen LogP contribution in [0.1, 0.15) is 24.0 Å². The maximum Gasteiger partial charge on any atom is 0.132 e. The van der Waals surface area contributed by atoms with Crippen LogP contribution in [0.15, 0.2) is 24.3 Å². The summed E-state index contributed by atoms with van der Waals surface area (Å²) in [6.45, 7) is 1.97. The van der Waals surface area contributed by atoms with E-state index in [0.717, 1.165) is 29.3 Å². The summed E-state index contributed by atoms with van der Waals surface area (Å²) in [7, 11) is 0. The maximum absolute atomic E-state index is 6.18. The lowest BCUT2D eigenvalue weighted by Gasteiger charge is -2.10. The molecule has 0 saturated heterocycles. The fraction of sp³-hybridized carbons (Fsp3) is 0.308. The molecule has 16 heavy (non-hydrogen) atoms. The van der Waals surface area contributed by atoms with E-state index in [1.807, 2.05) is 13.0 Å². The molecular weight excluding hydrogens is 220 g/mol. The fourth-order valence-electron chi connectivity index (χ4n) is 1.99. The highest BCUT2D eigenvalue weighted by atomic mass is 35.5. The Hall–Kier alpha value is -1.12. The van der Waals surface area contributed by atoms with E-state index in [1.165, 1.54) is 5.56 Å². The van der Waals surface area contributed by atoms with Crippen LogP contribution < -0.4 is 5.73 Å². The first-order valence-corrected chi connectivity index (χ1v) is 5.83. The molecule has 2 aromatic rings. The van der Waals surface area contributed by atoms with E-state index < -0.39 is 0 Å². The molecule has 1 fully saturated rings. The number of aryl methyl sites for hydroxylation is 1. The molecule has 1 heterocycles. The second-order valence-electron chi connectivity index (χ2n) is 4.66. The summed E-state index contributed by atoms with van der Waals surface area (Å²) in [5, 5.41) is 1.70. The van der Waals surface area contributed by atoms with Crippen LogP contribution in [0.4, 0.5) is 0 Å². The minimum Gasteiger partial charge on any atom is -0.321 e. The molecule has 0 radical (unpaired) electrons. The van der Waals surface area contributed by atoms with Gasteiger partial charge in [0.15, 0.2) is 0 Å². The second-order valence-corrected chi connectivity index (χ2v) is 5.02. The van der Waals surface area contributed by atoms with Crippen molar-refractivity contribution in [2.45, 2.75) is 25.3 Å². The Balaban J connectivity index is 2.21. The lowest BCUT2D eigenvalue weighted by atomic mass is 10.0. The number of hydrogen-bond donors (Lipinski definition) is 1. The van der Waals surface area contributed by atoms with Crippen LogP contribution in [0.3, 0.4) is 0 Å². The number of fused-ring (bicyclic) bond motifs is 1. The first kappa shape index (κ1) is 10.1. The summed E-state index contributed by atoms with van der Waals surface area (Å²) in [6, 6.07) is 8.27. The molecule has 2 N–H and O–H groups in total. The van der Waals surface area contributed by atoms with E-state index in [1.54, 1.807) is 0 Å². The van der Waals surface area contributed by atoms with Gasteiger partial charge < -0.3 is 5.73 Å². The van der Waals surface area contributed by atoms with Crippen LogP contribution in [0.2, 0.25) is 5.15 Å². The van der Waals surface area contributed by atoms with Gasteiger partial charge in [-0.05, 0) is 49.1 Å². The number of nitrogens with zero attached hydrogens (tertiary/aromatic N) is 1. The molecule has 0 spiro atoms. The number of halogens is 1. The van der Waals surface area contributed by atoms with Gasteiger partial charge in [-0.25, -0.2) is 4.98 Å². The van der Waals surface area contributed by atoms with Crippen molar-refractivity contribution in [1.29, 1.82) is 0 Å². The topological polar surface area (TPSA) is 38.9 Å². The van der Waals surface area contributed by atoms with Crippen molar-refractivity contribution >= 4 is 22.5 Å². The van der Waals surface area contributed by atoms with Crippen molar-refractivity contribution in [3.05, 3.63) is 40.5 Å². The zero-order chi connectivity index (χ0) is 11.3. The van der Waals surface area contributed by atoms with Gasteiger partial charge in [0.2, 0.25) is 0 Å². The largest absolute Gasteiger partial charge is 0.321 e. The molecule has 1 aliphatic rings. The van der Waals surface area contributed by atoms with Crippen LogP contribution in [-0.4, -0.2) is 4.98 Å². The van der Waals surface area contributed by atoms with Gasteiger partial charge in [0.25, 0.3) is 0 Å². The fourth-order valence-corrected chi connectivity index (χ4v) is 2.14. The zero-order valence-corrected chi connectivity index (χ0v) is 9.88. The number of aromatic nitrogens is 1. The molecule has 1 aliphatic carbocycles. The van der Waals surface area contributed by atoms with Gasteiger partial charge in [0, 0.05) is 10.9 Å². The third-order valence-corrected chi connectivity index (χ3v) is 3.69. The van der Waals surface area contributed by atoms with Gasteiger partial charge in [-0.3, -0.25) is 0 Å². The Labute approximate surface area is 99.4 Å². The Morgan fingerprint density at radius 3 is 2.75 bits per heavy atom. The predicted molar refractivity (Wildman–Crippen MR) is 66.6 cm³/mol. The number of nitrogens with two attached hydrogens (primary N) is 1. The van der Waals surface area contributed by atoms with Crippen molar-refractivity contribution in [2.24, 2.45) is 5.73 Å². The number of hydrogen-bond acceptors (Lipinski definition) is 2.